The number of hydrogen-bond donors (Lipinski definition) is 1. The standard InChI is InChI=1S/C12H20N4O/c13-9-11-3-1-6-15(10-11)12(17)4-8-16-7-2-5-14-16/h2,5,7,11H,1,3-4,6,8-10,13H2. The molecule has 1 saturated heterocycles. The first-order chi connectivity index (χ1) is 8.29. The van der Waals surface area contributed by atoms with Gasteiger partial charge in [0.05, 0.1) is 0 Å². The highest BCUT2D eigenvalue weighted by Gasteiger charge is 2.22. The van der Waals surface area contributed by atoms with Gasteiger partial charge < -0.3 is 10.6 Å². The van der Waals surface area contributed by atoms with Crippen LogP contribution in [0.1, 0.15) is 19.3 Å². The number of carbonyl (C=O) groups is 1. The zero-order valence-electron chi connectivity index (χ0n) is 10.1. The number of hydrogen-bond acceptors (Lipinski definition) is 3. The molecule has 0 bridgehead atoms. The van der Waals surface area contributed by atoms with Gasteiger partial charge in [0, 0.05) is 38.4 Å². The predicted octanol–water partition coefficient (Wildman–Crippen LogP) is 0.470. The molecule has 2 rings (SSSR count). The lowest BCUT2D eigenvalue weighted by Gasteiger charge is -2.32. The Morgan fingerprint density at radius 2 is 2.41 bits per heavy atom. The lowest BCUT2D eigenvalue weighted by atomic mass is 9.98. The summed E-state index contributed by atoms with van der Waals surface area (Å²) in [5.74, 6) is 0.705. The van der Waals surface area contributed by atoms with Crippen LogP contribution in [0.2, 0.25) is 0 Å². The average Bonchev–Trinajstić information content (AvgIpc) is 2.89. The van der Waals surface area contributed by atoms with E-state index in [0.29, 0.717) is 25.4 Å². The summed E-state index contributed by atoms with van der Waals surface area (Å²) in [6.07, 6.45) is 6.37. The first kappa shape index (κ1) is 12.1. The van der Waals surface area contributed by atoms with Crippen molar-refractivity contribution in [2.45, 2.75) is 25.8 Å². The zero-order chi connectivity index (χ0) is 12.1. The van der Waals surface area contributed by atoms with E-state index in [2.05, 4.69) is 5.10 Å². The van der Waals surface area contributed by atoms with Crippen LogP contribution in [0.3, 0.4) is 0 Å². The van der Waals surface area contributed by atoms with E-state index in [9.17, 15) is 4.79 Å². The lowest BCUT2D eigenvalue weighted by molar-refractivity contribution is -0.133. The number of amides is 1. The smallest absolute Gasteiger partial charge is 0.224 e. The highest BCUT2D eigenvalue weighted by atomic mass is 16.2. The Morgan fingerprint density at radius 3 is 3.12 bits per heavy atom. The average molecular weight is 236 g/mol. The summed E-state index contributed by atoms with van der Waals surface area (Å²) in [5.41, 5.74) is 5.66. The van der Waals surface area contributed by atoms with Crippen LogP contribution in [-0.2, 0) is 11.3 Å². The molecule has 0 radical (unpaired) electrons. The van der Waals surface area contributed by atoms with Crippen LogP contribution in [0.25, 0.3) is 0 Å². The topological polar surface area (TPSA) is 64.2 Å². The minimum Gasteiger partial charge on any atom is -0.342 e. The Hall–Kier alpha value is -1.36. The van der Waals surface area contributed by atoms with Crippen molar-refractivity contribution in [3.05, 3.63) is 18.5 Å². The molecule has 17 heavy (non-hydrogen) atoms. The van der Waals surface area contributed by atoms with Gasteiger partial charge in [-0.15, -0.1) is 0 Å². The second-order valence-electron chi connectivity index (χ2n) is 4.60. The fourth-order valence-electron chi connectivity index (χ4n) is 2.29. The molecule has 0 aliphatic carbocycles. The molecular weight excluding hydrogens is 216 g/mol. The third-order valence-corrected chi connectivity index (χ3v) is 3.32. The van der Waals surface area contributed by atoms with Crippen LogP contribution in [-0.4, -0.2) is 40.2 Å². The van der Waals surface area contributed by atoms with Crippen LogP contribution in [0.4, 0.5) is 0 Å². The quantitative estimate of drug-likeness (QED) is 0.826. The molecule has 2 N–H and O–H groups in total. The highest BCUT2D eigenvalue weighted by Crippen LogP contribution is 2.16. The van der Waals surface area contributed by atoms with Gasteiger partial charge in [0.1, 0.15) is 0 Å². The summed E-state index contributed by atoms with van der Waals surface area (Å²) in [5, 5.41) is 4.09. The fraction of sp³-hybridized carbons (Fsp3) is 0.667. The number of aromatic nitrogens is 2. The first-order valence-corrected chi connectivity index (χ1v) is 6.25. The van der Waals surface area contributed by atoms with Crippen LogP contribution in [0.5, 0.6) is 0 Å². The van der Waals surface area contributed by atoms with Crippen LogP contribution < -0.4 is 5.73 Å². The van der Waals surface area contributed by atoms with Crippen LogP contribution >= 0.6 is 0 Å². The minimum atomic E-state index is 0.221. The maximum atomic E-state index is 12.0. The van der Waals surface area contributed by atoms with E-state index in [1.54, 1.807) is 10.9 Å². The van der Waals surface area contributed by atoms with Crippen LogP contribution in [0.15, 0.2) is 18.5 Å². The monoisotopic (exact) mass is 236 g/mol. The third kappa shape index (κ3) is 3.30. The van der Waals surface area contributed by atoms with Gasteiger partial charge in [-0.25, -0.2) is 0 Å². The van der Waals surface area contributed by atoms with E-state index in [4.69, 9.17) is 5.73 Å². The van der Waals surface area contributed by atoms with Gasteiger partial charge in [0.2, 0.25) is 5.91 Å². The van der Waals surface area contributed by atoms with E-state index >= 15 is 0 Å². The van der Waals surface area contributed by atoms with E-state index < -0.39 is 0 Å². The molecule has 1 aliphatic heterocycles. The number of aryl methyl sites for hydroxylation is 1. The largest absolute Gasteiger partial charge is 0.342 e. The van der Waals surface area contributed by atoms with E-state index in [-0.39, 0.29) is 5.91 Å². The number of nitrogens with two attached hydrogens (primary N) is 1. The second-order valence-corrected chi connectivity index (χ2v) is 4.60. The lowest BCUT2D eigenvalue weighted by Crippen LogP contribution is -2.42. The molecule has 1 amide bonds. The molecule has 1 aliphatic rings. The number of nitrogens with zero attached hydrogens (tertiary/aromatic N) is 3. The fourth-order valence-corrected chi connectivity index (χ4v) is 2.29. The maximum Gasteiger partial charge on any atom is 0.224 e. The highest BCUT2D eigenvalue weighted by molar-refractivity contribution is 5.76. The molecule has 1 aromatic rings. The molecule has 5 heteroatoms. The first-order valence-electron chi connectivity index (χ1n) is 6.25. The van der Waals surface area contributed by atoms with Gasteiger partial charge in [-0.2, -0.15) is 5.10 Å². The second kappa shape index (κ2) is 5.82. The van der Waals surface area contributed by atoms with Crippen LogP contribution in [0, 0.1) is 5.92 Å². The van der Waals surface area contributed by atoms with E-state index in [1.807, 2.05) is 17.2 Å². The molecule has 1 atom stereocenters. The molecule has 0 saturated carbocycles. The van der Waals surface area contributed by atoms with Gasteiger partial charge in [0.25, 0.3) is 0 Å². The summed E-state index contributed by atoms with van der Waals surface area (Å²) in [6.45, 7) is 3.06. The molecule has 1 aromatic heterocycles. The van der Waals surface area contributed by atoms with Gasteiger partial charge in [-0.3, -0.25) is 9.48 Å². The maximum absolute atomic E-state index is 12.0. The molecule has 5 nitrogen and oxygen atoms in total. The minimum absolute atomic E-state index is 0.221. The SMILES string of the molecule is NCC1CCCN(C(=O)CCn2cccn2)C1. The van der Waals surface area contributed by atoms with Crippen molar-refractivity contribution in [2.24, 2.45) is 11.7 Å². The van der Waals surface area contributed by atoms with Crippen molar-refractivity contribution < 1.29 is 4.79 Å². The van der Waals surface area contributed by atoms with Crippen molar-refractivity contribution in [2.75, 3.05) is 19.6 Å². The summed E-state index contributed by atoms with van der Waals surface area (Å²) < 4.78 is 1.79. The Bertz CT molecular complexity index is 349. The Kier molecular flexibility index (Phi) is 4.14. The zero-order valence-corrected chi connectivity index (χ0v) is 10.1. The number of carbonyl (C=O) groups excluding carboxylic acids is 1. The van der Waals surface area contributed by atoms with Crippen molar-refractivity contribution in [3.8, 4) is 0 Å². The normalized spacial score (nSPS) is 20.5. The summed E-state index contributed by atoms with van der Waals surface area (Å²) in [7, 11) is 0. The summed E-state index contributed by atoms with van der Waals surface area (Å²) >= 11 is 0. The van der Waals surface area contributed by atoms with Crippen molar-refractivity contribution in [1.82, 2.24) is 14.7 Å². The molecule has 0 spiro atoms. The van der Waals surface area contributed by atoms with Gasteiger partial charge >= 0.3 is 0 Å². The van der Waals surface area contributed by atoms with Crippen molar-refractivity contribution >= 4 is 5.91 Å². The Balaban J connectivity index is 1.79. The van der Waals surface area contributed by atoms with Crippen molar-refractivity contribution in [1.29, 1.82) is 0 Å². The van der Waals surface area contributed by atoms with E-state index in [1.165, 1.54) is 0 Å². The summed E-state index contributed by atoms with van der Waals surface area (Å²) in [4.78, 5) is 13.9. The molecule has 0 aromatic carbocycles. The number of piperidine rings is 1. The van der Waals surface area contributed by atoms with Gasteiger partial charge in [0.15, 0.2) is 0 Å². The molecule has 1 fully saturated rings. The number of likely N-dealkylation sites (tertiary alicyclic amines) is 1. The van der Waals surface area contributed by atoms with E-state index in [0.717, 1.165) is 25.9 Å². The molecular formula is C12H20N4O. The van der Waals surface area contributed by atoms with Gasteiger partial charge in [-0.1, -0.05) is 0 Å². The number of rotatable bonds is 4. The third-order valence-electron chi connectivity index (χ3n) is 3.32. The molecule has 1 unspecified atom stereocenters. The van der Waals surface area contributed by atoms with Crippen molar-refractivity contribution in [3.63, 3.8) is 0 Å². The predicted molar refractivity (Wildman–Crippen MR) is 65.2 cm³/mol. The Morgan fingerprint density at radius 1 is 1.53 bits per heavy atom. The van der Waals surface area contributed by atoms with Gasteiger partial charge in [-0.05, 0) is 31.4 Å². The molecule has 94 valence electrons. The summed E-state index contributed by atoms with van der Waals surface area (Å²) in [6, 6.07) is 1.87. The molecule has 2 heterocycles. The Labute approximate surface area is 102 Å².